The number of benzene rings is 1. The number of hydrogen-bond donors (Lipinski definition) is 2. The van der Waals surface area contributed by atoms with Crippen molar-refractivity contribution in [3.05, 3.63) is 29.6 Å². The molecule has 3 rings (SSSR count). The third kappa shape index (κ3) is 3.60. The maximum Gasteiger partial charge on any atom is 0.471 e. The van der Waals surface area contributed by atoms with Crippen LogP contribution >= 0.6 is 11.3 Å². The molecule has 0 fully saturated rings. The number of thiazole rings is 1. The Hall–Kier alpha value is -2.95. The molecule has 25 heavy (non-hydrogen) atoms. The van der Waals surface area contributed by atoms with E-state index in [-0.39, 0.29) is 5.91 Å². The highest BCUT2D eigenvalue weighted by atomic mass is 32.1. The molecule has 7 nitrogen and oxygen atoms in total. The summed E-state index contributed by atoms with van der Waals surface area (Å²) in [5.41, 5.74) is 1.92. The predicted molar refractivity (Wildman–Crippen MR) is 85.3 cm³/mol. The van der Waals surface area contributed by atoms with E-state index >= 15 is 0 Å². The van der Waals surface area contributed by atoms with Crippen LogP contribution in [0.3, 0.4) is 0 Å². The molecule has 1 aromatic carbocycles. The molecule has 0 aliphatic heterocycles. The molecule has 0 saturated carbocycles. The van der Waals surface area contributed by atoms with Crippen LogP contribution in [-0.2, 0) is 9.59 Å². The smallest absolute Gasteiger partial charge is 0.326 e. The largest absolute Gasteiger partial charge is 0.471 e. The van der Waals surface area contributed by atoms with E-state index in [9.17, 15) is 22.8 Å². The number of fused-ring (bicyclic) bond motifs is 1. The van der Waals surface area contributed by atoms with Gasteiger partial charge in [0.05, 0.1) is 5.69 Å². The van der Waals surface area contributed by atoms with Gasteiger partial charge in [-0.2, -0.15) is 18.2 Å². The number of rotatable bonds is 3. The Labute approximate surface area is 142 Å². The van der Waals surface area contributed by atoms with Gasteiger partial charge in [-0.05, 0) is 12.1 Å². The van der Waals surface area contributed by atoms with Crippen molar-refractivity contribution in [1.82, 2.24) is 14.6 Å². The number of nitrogens with zero attached hydrogens (tertiary/aromatic N) is 3. The number of hydrogen-bond acceptors (Lipinski definition) is 5. The van der Waals surface area contributed by atoms with Gasteiger partial charge in [-0.25, -0.2) is 4.52 Å². The number of nitrogens with one attached hydrogen (secondary N) is 2. The normalized spacial score (nSPS) is 11.5. The molecule has 0 aliphatic rings. The summed E-state index contributed by atoms with van der Waals surface area (Å²) >= 11 is 1.17. The van der Waals surface area contributed by atoms with Crippen LogP contribution in [0.2, 0.25) is 0 Å². The van der Waals surface area contributed by atoms with Crippen LogP contribution in [0.4, 0.5) is 24.8 Å². The molecule has 2 heterocycles. The van der Waals surface area contributed by atoms with Gasteiger partial charge in [0.25, 0.3) is 5.95 Å². The van der Waals surface area contributed by atoms with Crippen molar-refractivity contribution in [2.75, 3.05) is 10.6 Å². The highest BCUT2D eigenvalue weighted by Crippen LogP contribution is 2.27. The summed E-state index contributed by atoms with van der Waals surface area (Å²) in [6, 6.07) is 6.82. The van der Waals surface area contributed by atoms with Crippen molar-refractivity contribution in [2.45, 2.75) is 13.1 Å². The second-order valence-electron chi connectivity index (χ2n) is 4.96. The lowest BCUT2D eigenvalue weighted by Crippen LogP contribution is -2.30. The summed E-state index contributed by atoms with van der Waals surface area (Å²) in [5, 5.41) is 9.87. The lowest BCUT2D eigenvalue weighted by Gasteiger charge is -2.04. The van der Waals surface area contributed by atoms with Gasteiger partial charge in [-0.1, -0.05) is 12.1 Å². The van der Waals surface area contributed by atoms with Crippen LogP contribution in [0.25, 0.3) is 16.2 Å². The first kappa shape index (κ1) is 16.9. The molecular weight excluding hydrogens is 359 g/mol. The van der Waals surface area contributed by atoms with Crippen molar-refractivity contribution >= 4 is 39.7 Å². The molecule has 2 N–H and O–H groups in total. The standard InChI is InChI=1S/C14H10F3N5O2S/c1-7(23)18-9-4-2-8(3-5-9)10-6-25-13-20-12(21-22(10)13)19-11(24)14(15,16)17/h2-6H,1H3,(H,18,23)(H,19,21,24). The minimum atomic E-state index is -5.01. The molecule has 3 aromatic rings. The first-order chi connectivity index (χ1) is 11.7. The van der Waals surface area contributed by atoms with Gasteiger partial charge in [0.15, 0.2) is 0 Å². The van der Waals surface area contributed by atoms with E-state index in [0.717, 1.165) is 5.56 Å². The third-order valence-corrected chi connectivity index (χ3v) is 3.88. The zero-order chi connectivity index (χ0) is 18.2. The van der Waals surface area contributed by atoms with Gasteiger partial charge < -0.3 is 5.32 Å². The fraction of sp³-hybridized carbons (Fsp3) is 0.143. The van der Waals surface area contributed by atoms with E-state index in [1.54, 1.807) is 35.0 Å². The minimum Gasteiger partial charge on any atom is -0.326 e. The van der Waals surface area contributed by atoms with Crippen LogP contribution in [0.15, 0.2) is 29.6 Å². The first-order valence-corrected chi connectivity index (χ1v) is 7.72. The fourth-order valence-corrected chi connectivity index (χ4v) is 2.86. The number of amides is 2. The van der Waals surface area contributed by atoms with E-state index in [1.165, 1.54) is 22.8 Å². The second-order valence-corrected chi connectivity index (χ2v) is 5.80. The van der Waals surface area contributed by atoms with Crippen molar-refractivity contribution in [3.63, 3.8) is 0 Å². The third-order valence-electron chi connectivity index (χ3n) is 3.07. The Bertz CT molecular complexity index is 946. The SMILES string of the molecule is CC(=O)Nc1ccc(-c2csc3nc(NC(=O)C(F)(F)F)nn23)cc1. The number of anilines is 2. The van der Waals surface area contributed by atoms with Crippen LogP contribution in [0, 0.1) is 0 Å². The highest BCUT2D eigenvalue weighted by Gasteiger charge is 2.39. The lowest BCUT2D eigenvalue weighted by molar-refractivity contribution is -0.167. The molecule has 0 aliphatic carbocycles. The Kier molecular flexibility index (Phi) is 4.17. The quantitative estimate of drug-likeness (QED) is 0.743. The molecule has 0 atom stereocenters. The van der Waals surface area contributed by atoms with E-state index < -0.39 is 18.0 Å². The Balaban J connectivity index is 1.88. The van der Waals surface area contributed by atoms with Gasteiger partial charge in [0, 0.05) is 23.6 Å². The van der Waals surface area contributed by atoms with Gasteiger partial charge in [0.2, 0.25) is 10.9 Å². The monoisotopic (exact) mass is 369 g/mol. The summed E-state index contributed by atoms with van der Waals surface area (Å²) in [6.07, 6.45) is -5.01. The van der Waals surface area contributed by atoms with Crippen LogP contribution in [0.1, 0.15) is 6.92 Å². The zero-order valence-corrected chi connectivity index (χ0v) is 13.4. The number of aromatic nitrogens is 3. The molecule has 130 valence electrons. The molecule has 0 bridgehead atoms. The molecule has 0 spiro atoms. The first-order valence-electron chi connectivity index (χ1n) is 6.84. The molecule has 2 aromatic heterocycles. The number of alkyl halides is 3. The fourth-order valence-electron chi connectivity index (χ4n) is 2.03. The lowest BCUT2D eigenvalue weighted by atomic mass is 10.1. The van der Waals surface area contributed by atoms with Gasteiger partial charge in [-0.15, -0.1) is 16.4 Å². The summed E-state index contributed by atoms with van der Waals surface area (Å²) in [7, 11) is 0. The average Bonchev–Trinajstić information content (AvgIpc) is 3.06. The average molecular weight is 369 g/mol. The number of halogens is 3. The van der Waals surface area contributed by atoms with Crippen LogP contribution in [0.5, 0.6) is 0 Å². The van der Waals surface area contributed by atoms with Gasteiger partial charge >= 0.3 is 12.1 Å². The van der Waals surface area contributed by atoms with Crippen LogP contribution < -0.4 is 10.6 Å². The maximum atomic E-state index is 12.3. The van der Waals surface area contributed by atoms with Crippen LogP contribution in [-0.4, -0.2) is 32.6 Å². The zero-order valence-electron chi connectivity index (χ0n) is 12.6. The van der Waals surface area contributed by atoms with Crippen molar-refractivity contribution < 1.29 is 22.8 Å². The summed E-state index contributed by atoms with van der Waals surface area (Å²) in [4.78, 5) is 26.2. The molecule has 0 unspecified atom stereocenters. The van der Waals surface area contributed by atoms with E-state index in [0.29, 0.717) is 16.3 Å². The minimum absolute atomic E-state index is 0.202. The van der Waals surface area contributed by atoms with E-state index in [1.807, 2.05) is 0 Å². The highest BCUT2D eigenvalue weighted by molar-refractivity contribution is 7.15. The topological polar surface area (TPSA) is 88.4 Å². The Morgan fingerprint density at radius 3 is 2.44 bits per heavy atom. The molecule has 0 saturated heterocycles. The maximum absolute atomic E-state index is 12.3. The predicted octanol–water partition coefficient (Wildman–Crippen LogP) is 2.92. The van der Waals surface area contributed by atoms with Crippen molar-refractivity contribution in [1.29, 1.82) is 0 Å². The van der Waals surface area contributed by atoms with Gasteiger partial charge in [0.1, 0.15) is 0 Å². The second kappa shape index (κ2) is 6.16. The number of carbonyl (C=O) groups excluding carboxylic acids is 2. The summed E-state index contributed by atoms with van der Waals surface area (Å²) in [5.74, 6) is -2.76. The summed E-state index contributed by atoms with van der Waals surface area (Å²) < 4.78 is 38.2. The van der Waals surface area contributed by atoms with Gasteiger partial charge in [-0.3, -0.25) is 14.9 Å². The summed E-state index contributed by atoms with van der Waals surface area (Å²) in [6.45, 7) is 1.39. The van der Waals surface area contributed by atoms with Crippen molar-refractivity contribution in [2.24, 2.45) is 0 Å². The Morgan fingerprint density at radius 1 is 1.16 bits per heavy atom. The van der Waals surface area contributed by atoms with Crippen molar-refractivity contribution in [3.8, 4) is 11.3 Å². The Morgan fingerprint density at radius 2 is 1.84 bits per heavy atom. The van der Waals surface area contributed by atoms with E-state index in [4.69, 9.17) is 0 Å². The molecule has 0 radical (unpaired) electrons. The molecular formula is C14H10F3N5O2S. The molecule has 11 heteroatoms. The van der Waals surface area contributed by atoms with E-state index in [2.05, 4.69) is 15.4 Å². The molecule has 2 amide bonds. The number of carbonyl (C=O) groups is 2.